The fraction of sp³-hybridized carbons (Fsp3) is 0.333. The average molecular weight is 287 g/mol. The molecule has 1 aromatic heterocycles. The van der Waals surface area contributed by atoms with Gasteiger partial charge >= 0.3 is 6.18 Å². The number of halogens is 3. The Morgan fingerprint density at radius 3 is 2.55 bits per heavy atom. The Morgan fingerprint density at radius 1 is 1.20 bits per heavy atom. The molecule has 108 valence electrons. The molecule has 0 aliphatic heterocycles. The van der Waals surface area contributed by atoms with Crippen molar-refractivity contribution in [2.24, 2.45) is 5.73 Å². The summed E-state index contributed by atoms with van der Waals surface area (Å²) >= 11 is 0. The van der Waals surface area contributed by atoms with Gasteiger partial charge in [0.15, 0.2) is 0 Å². The van der Waals surface area contributed by atoms with Gasteiger partial charge in [-0.15, -0.1) is 10.2 Å². The number of rotatable bonds is 5. The third-order valence-corrected chi connectivity index (χ3v) is 2.40. The SMILES string of the molecule is NC(c1ccccc1)c1nnc(COCC(F)(F)F)o1. The molecule has 1 heterocycles. The number of hydrogen-bond acceptors (Lipinski definition) is 5. The minimum atomic E-state index is -4.39. The van der Waals surface area contributed by atoms with E-state index >= 15 is 0 Å². The van der Waals surface area contributed by atoms with E-state index in [1.54, 1.807) is 24.3 Å². The molecule has 1 unspecified atom stereocenters. The molecule has 2 N–H and O–H groups in total. The molecule has 1 atom stereocenters. The second-order valence-corrected chi connectivity index (χ2v) is 4.03. The zero-order valence-electron chi connectivity index (χ0n) is 10.3. The first-order chi connectivity index (χ1) is 9.46. The number of nitrogens with zero attached hydrogens (tertiary/aromatic N) is 2. The van der Waals surface area contributed by atoms with Crippen LogP contribution in [0.15, 0.2) is 34.7 Å². The molecule has 0 aliphatic rings. The van der Waals surface area contributed by atoms with Crippen LogP contribution in [0.5, 0.6) is 0 Å². The van der Waals surface area contributed by atoms with Gasteiger partial charge in [-0.05, 0) is 5.56 Å². The van der Waals surface area contributed by atoms with Crippen LogP contribution in [0.2, 0.25) is 0 Å². The van der Waals surface area contributed by atoms with Crippen LogP contribution in [0.3, 0.4) is 0 Å². The summed E-state index contributed by atoms with van der Waals surface area (Å²) in [4.78, 5) is 0. The number of nitrogens with two attached hydrogens (primary N) is 1. The van der Waals surface area contributed by atoms with E-state index in [0.29, 0.717) is 0 Å². The lowest BCUT2D eigenvalue weighted by atomic mass is 10.1. The van der Waals surface area contributed by atoms with E-state index in [0.717, 1.165) is 5.56 Å². The molecule has 20 heavy (non-hydrogen) atoms. The van der Waals surface area contributed by atoms with Crippen molar-refractivity contribution in [2.45, 2.75) is 18.8 Å². The van der Waals surface area contributed by atoms with Crippen molar-refractivity contribution in [1.82, 2.24) is 10.2 Å². The summed E-state index contributed by atoms with van der Waals surface area (Å²) in [5.41, 5.74) is 6.67. The van der Waals surface area contributed by atoms with Crippen LogP contribution < -0.4 is 5.73 Å². The first-order valence-corrected chi connectivity index (χ1v) is 5.73. The van der Waals surface area contributed by atoms with Crippen LogP contribution in [0, 0.1) is 0 Å². The first-order valence-electron chi connectivity index (χ1n) is 5.73. The van der Waals surface area contributed by atoms with Crippen molar-refractivity contribution in [3.05, 3.63) is 47.7 Å². The monoisotopic (exact) mass is 287 g/mol. The van der Waals surface area contributed by atoms with Gasteiger partial charge in [0, 0.05) is 0 Å². The van der Waals surface area contributed by atoms with Crippen molar-refractivity contribution in [3.8, 4) is 0 Å². The summed E-state index contributed by atoms with van der Waals surface area (Å²) in [6.45, 7) is -1.77. The summed E-state index contributed by atoms with van der Waals surface area (Å²) in [7, 11) is 0. The van der Waals surface area contributed by atoms with E-state index in [1.807, 2.05) is 6.07 Å². The Kier molecular flexibility index (Phi) is 4.35. The molecule has 2 rings (SSSR count). The maximum atomic E-state index is 11.9. The molecule has 0 bridgehead atoms. The summed E-state index contributed by atoms with van der Waals surface area (Å²) in [6, 6.07) is 8.39. The topological polar surface area (TPSA) is 74.2 Å². The Morgan fingerprint density at radius 2 is 1.90 bits per heavy atom. The fourth-order valence-corrected chi connectivity index (χ4v) is 1.51. The first kappa shape index (κ1) is 14.5. The lowest BCUT2D eigenvalue weighted by Crippen LogP contribution is -2.16. The van der Waals surface area contributed by atoms with Gasteiger partial charge < -0.3 is 14.9 Å². The molecule has 0 amide bonds. The molecular formula is C12H12F3N3O2. The highest BCUT2D eigenvalue weighted by atomic mass is 19.4. The standard InChI is InChI=1S/C12H12F3N3O2/c13-12(14,15)7-19-6-9-17-18-11(20-9)10(16)8-4-2-1-3-5-8/h1-5,10H,6-7,16H2. The van der Waals surface area contributed by atoms with Gasteiger partial charge in [-0.2, -0.15) is 13.2 Å². The molecule has 2 aromatic rings. The quantitative estimate of drug-likeness (QED) is 0.912. The molecule has 0 radical (unpaired) electrons. The van der Waals surface area contributed by atoms with Gasteiger partial charge in [0.25, 0.3) is 0 Å². The molecular weight excluding hydrogens is 275 g/mol. The van der Waals surface area contributed by atoms with Crippen LogP contribution in [0.25, 0.3) is 0 Å². The highest BCUT2D eigenvalue weighted by Crippen LogP contribution is 2.19. The Labute approximate surface area is 112 Å². The molecule has 5 nitrogen and oxygen atoms in total. The largest absolute Gasteiger partial charge is 0.421 e. The maximum absolute atomic E-state index is 11.9. The van der Waals surface area contributed by atoms with Crippen molar-refractivity contribution < 1.29 is 22.3 Å². The lowest BCUT2D eigenvalue weighted by molar-refractivity contribution is -0.177. The van der Waals surface area contributed by atoms with Crippen molar-refractivity contribution in [3.63, 3.8) is 0 Å². The van der Waals surface area contributed by atoms with E-state index in [1.165, 1.54) is 0 Å². The summed E-state index contributed by atoms with van der Waals surface area (Å²) < 4.78 is 45.3. The minimum Gasteiger partial charge on any atom is -0.421 e. The fourth-order valence-electron chi connectivity index (χ4n) is 1.51. The van der Waals surface area contributed by atoms with E-state index in [4.69, 9.17) is 10.2 Å². The molecule has 0 spiro atoms. The zero-order chi connectivity index (χ0) is 14.6. The second-order valence-electron chi connectivity index (χ2n) is 4.03. The van der Waals surface area contributed by atoms with Gasteiger partial charge in [-0.25, -0.2) is 0 Å². The average Bonchev–Trinajstić information content (AvgIpc) is 2.86. The number of aromatic nitrogens is 2. The molecule has 0 saturated carbocycles. The van der Waals surface area contributed by atoms with Crippen LogP contribution in [-0.2, 0) is 11.3 Å². The smallest absolute Gasteiger partial charge is 0.411 e. The predicted molar refractivity (Wildman–Crippen MR) is 62.5 cm³/mol. The second kappa shape index (κ2) is 6.02. The number of alkyl halides is 3. The minimum absolute atomic E-state index is 0.0457. The summed E-state index contributed by atoms with van der Waals surface area (Å²) in [5.74, 6) is 0.0810. The van der Waals surface area contributed by atoms with Crippen molar-refractivity contribution in [1.29, 1.82) is 0 Å². The molecule has 8 heteroatoms. The van der Waals surface area contributed by atoms with E-state index < -0.39 is 25.4 Å². The van der Waals surface area contributed by atoms with Crippen LogP contribution in [0.1, 0.15) is 23.4 Å². The maximum Gasteiger partial charge on any atom is 0.411 e. The lowest BCUT2D eigenvalue weighted by Gasteiger charge is -2.06. The van der Waals surface area contributed by atoms with Gasteiger partial charge in [-0.3, -0.25) is 0 Å². The van der Waals surface area contributed by atoms with E-state index in [2.05, 4.69) is 14.9 Å². The van der Waals surface area contributed by atoms with Gasteiger partial charge in [-0.1, -0.05) is 30.3 Å². The summed E-state index contributed by atoms with van der Waals surface area (Å²) in [5, 5.41) is 7.30. The van der Waals surface area contributed by atoms with Crippen molar-refractivity contribution >= 4 is 0 Å². The molecule has 0 fully saturated rings. The number of benzene rings is 1. The van der Waals surface area contributed by atoms with E-state index in [9.17, 15) is 13.2 Å². The van der Waals surface area contributed by atoms with Crippen LogP contribution in [0.4, 0.5) is 13.2 Å². The third kappa shape index (κ3) is 4.04. The Hall–Kier alpha value is -1.93. The van der Waals surface area contributed by atoms with E-state index in [-0.39, 0.29) is 11.8 Å². The van der Waals surface area contributed by atoms with Gasteiger partial charge in [0.2, 0.25) is 11.8 Å². The van der Waals surface area contributed by atoms with Gasteiger partial charge in [0.05, 0.1) is 0 Å². The van der Waals surface area contributed by atoms with Crippen LogP contribution >= 0.6 is 0 Å². The predicted octanol–water partition coefficient (Wildman–Crippen LogP) is 2.20. The highest BCUT2D eigenvalue weighted by molar-refractivity contribution is 5.22. The van der Waals surface area contributed by atoms with Gasteiger partial charge in [0.1, 0.15) is 19.3 Å². The zero-order valence-corrected chi connectivity index (χ0v) is 10.3. The third-order valence-electron chi connectivity index (χ3n) is 2.40. The molecule has 1 aromatic carbocycles. The molecule has 0 aliphatic carbocycles. The van der Waals surface area contributed by atoms with Crippen LogP contribution in [-0.4, -0.2) is 23.0 Å². The normalized spacial score (nSPS) is 13.4. The molecule has 0 saturated heterocycles. The number of hydrogen-bond donors (Lipinski definition) is 1. The highest BCUT2D eigenvalue weighted by Gasteiger charge is 2.27. The van der Waals surface area contributed by atoms with Crippen molar-refractivity contribution in [2.75, 3.05) is 6.61 Å². The number of ether oxygens (including phenoxy) is 1. The summed E-state index contributed by atoms with van der Waals surface area (Å²) in [6.07, 6.45) is -4.39. The Bertz CT molecular complexity index is 542. The Balaban J connectivity index is 1.95.